The van der Waals surface area contributed by atoms with Gasteiger partial charge in [-0.1, -0.05) is 0 Å². The molecule has 0 saturated carbocycles. The van der Waals surface area contributed by atoms with Gasteiger partial charge in [0, 0.05) is 14.2 Å². The molecule has 0 aliphatic rings. The van der Waals surface area contributed by atoms with E-state index in [1.807, 2.05) is 0 Å². The third-order valence-corrected chi connectivity index (χ3v) is 0.500. The Labute approximate surface area is 61.4 Å². The van der Waals surface area contributed by atoms with Gasteiger partial charge in [0.15, 0.2) is 0 Å². The molecule has 4 heteroatoms. The van der Waals surface area contributed by atoms with Gasteiger partial charge in [0.2, 0.25) is 0 Å². The topological polar surface area (TPSA) is 58.9 Å². The first-order chi connectivity index (χ1) is 4.68. The van der Waals surface area contributed by atoms with Crippen LogP contribution in [0.15, 0.2) is 0 Å². The Morgan fingerprint density at radius 2 is 1.60 bits per heavy atom. The molecule has 1 atom stereocenters. The molecule has 0 radical (unpaired) electrons. The molecule has 4 nitrogen and oxygen atoms in total. The van der Waals surface area contributed by atoms with Crippen LogP contribution in [0, 0.1) is 0 Å². The predicted molar refractivity (Wildman–Crippen MR) is 37.7 cm³/mol. The molecule has 64 valence electrons. The van der Waals surface area contributed by atoms with Gasteiger partial charge in [-0.2, -0.15) is 0 Å². The summed E-state index contributed by atoms with van der Waals surface area (Å²) in [5.74, 6) is 0. The maximum atomic E-state index is 8.11. The van der Waals surface area contributed by atoms with Crippen LogP contribution in [0.3, 0.4) is 0 Å². The predicted octanol–water partition coefficient (Wildman–Crippen LogP) is -0.404. The van der Waals surface area contributed by atoms with E-state index >= 15 is 0 Å². The van der Waals surface area contributed by atoms with Crippen LogP contribution in [0.1, 0.15) is 6.92 Å². The van der Waals surface area contributed by atoms with Crippen molar-refractivity contribution < 1.29 is 19.7 Å². The number of rotatable bonds is 3. The van der Waals surface area contributed by atoms with Crippen molar-refractivity contribution >= 4 is 0 Å². The minimum Gasteiger partial charge on any atom is -0.394 e. The lowest BCUT2D eigenvalue weighted by Crippen LogP contribution is -2.03. The molecule has 0 saturated heterocycles. The maximum Gasteiger partial charge on any atom is 0.145 e. The number of aliphatic hydroxyl groups excluding tert-OH is 2. The molecule has 0 bridgehead atoms. The van der Waals surface area contributed by atoms with E-state index in [9.17, 15) is 0 Å². The fourth-order valence-electron chi connectivity index (χ4n) is 0.118. The highest BCUT2D eigenvalue weighted by molar-refractivity contribution is 4.34. The van der Waals surface area contributed by atoms with E-state index in [0.717, 1.165) is 0 Å². The average molecular weight is 152 g/mol. The third-order valence-electron chi connectivity index (χ3n) is 0.500. The van der Waals surface area contributed by atoms with E-state index in [-0.39, 0.29) is 6.61 Å². The minimum atomic E-state index is -0.560. The van der Waals surface area contributed by atoms with Gasteiger partial charge in [-0.3, -0.25) is 0 Å². The second-order valence-electron chi connectivity index (χ2n) is 1.73. The van der Waals surface area contributed by atoms with Crippen LogP contribution >= 0.6 is 0 Å². The summed E-state index contributed by atoms with van der Waals surface area (Å²) in [6.45, 7) is 1.78. The third kappa shape index (κ3) is 24.9. The number of ether oxygens (including phenoxy) is 2. The molecule has 0 spiro atoms. The van der Waals surface area contributed by atoms with Crippen molar-refractivity contribution in [2.24, 2.45) is 0 Å². The Kier molecular flexibility index (Phi) is 14.5. The standard InChI is InChI=1S/2C3H8O2/c1-4-3-5-2;1-3(5)2-4/h3H2,1-2H3;3-5H,2H2,1H3. The van der Waals surface area contributed by atoms with Crippen molar-refractivity contribution in [3.05, 3.63) is 0 Å². The van der Waals surface area contributed by atoms with Gasteiger partial charge < -0.3 is 19.7 Å². The van der Waals surface area contributed by atoms with Crippen LogP contribution in [-0.2, 0) is 9.47 Å². The van der Waals surface area contributed by atoms with E-state index in [2.05, 4.69) is 9.47 Å². The second kappa shape index (κ2) is 11.6. The Hall–Kier alpha value is -0.160. The molecule has 2 N–H and O–H groups in total. The Balaban J connectivity index is 0. The zero-order valence-corrected chi connectivity index (χ0v) is 6.70. The molecule has 0 rings (SSSR count). The normalized spacial score (nSPS) is 11.7. The Bertz CT molecular complexity index is 45.0. The maximum absolute atomic E-state index is 8.11. The SMILES string of the molecule is CC(O)CO.COCOC. The highest BCUT2D eigenvalue weighted by Crippen LogP contribution is 1.68. The molecule has 0 aromatic carbocycles. The summed E-state index contributed by atoms with van der Waals surface area (Å²) in [6, 6.07) is 0. The molecule has 0 fully saturated rings. The highest BCUT2D eigenvalue weighted by Gasteiger charge is 1.83. The van der Waals surface area contributed by atoms with Crippen molar-refractivity contribution in [2.75, 3.05) is 27.6 Å². The molecular weight excluding hydrogens is 136 g/mol. The molecule has 0 aromatic rings. The zero-order chi connectivity index (χ0) is 8.41. The smallest absolute Gasteiger partial charge is 0.145 e. The molecule has 0 amide bonds. The molecule has 0 aromatic heterocycles. The summed E-state index contributed by atoms with van der Waals surface area (Å²) in [5, 5.41) is 16.0. The molecular formula is C6H16O4. The number of aliphatic hydroxyl groups is 2. The summed E-state index contributed by atoms with van der Waals surface area (Å²) in [4.78, 5) is 0. The summed E-state index contributed by atoms with van der Waals surface area (Å²) in [7, 11) is 3.17. The largest absolute Gasteiger partial charge is 0.394 e. The first-order valence-electron chi connectivity index (χ1n) is 2.95. The van der Waals surface area contributed by atoms with E-state index in [4.69, 9.17) is 10.2 Å². The molecule has 10 heavy (non-hydrogen) atoms. The van der Waals surface area contributed by atoms with E-state index in [1.54, 1.807) is 14.2 Å². The van der Waals surface area contributed by atoms with Crippen LogP contribution in [0.25, 0.3) is 0 Å². The van der Waals surface area contributed by atoms with Crippen LogP contribution in [-0.4, -0.2) is 43.9 Å². The van der Waals surface area contributed by atoms with Crippen molar-refractivity contribution in [3.8, 4) is 0 Å². The van der Waals surface area contributed by atoms with Gasteiger partial charge in [-0.15, -0.1) is 0 Å². The quantitative estimate of drug-likeness (QED) is 0.540. The lowest BCUT2D eigenvalue weighted by Gasteiger charge is -1.90. The van der Waals surface area contributed by atoms with Gasteiger partial charge in [-0.05, 0) is 6.92 Å². The van der Waals surface area contributed by atoms with Crippen LogP contribution in [0.2, 0.25) is 0 Å². The number of methoxy groups -OCH3 is 2. The van der Waals surface area contributed by atoms with E-state index < -0.39 is 6.10 Å². The number of hydrogen-bond donors (Lipinski definition) is 2. The summed E-state index contributed by atoms with van der Waals surface area (Å²) < 4.78 is 8.94. The van der Waals surface area contributed by atoms with Crippen molar-refractivity contribution in [1.29, 1.82) is 0 Å². The first-order valence-corrected chi connectivity index (χ1v) is 2.95. The fourth-order valence-corrected chi connectivity index (χ4v) is 0.118. The second-order valence-corrected chi connectivity index (χ2v) is 1.73. The van der Waals surface area contributed by atoms with Crippen LogP contribution < -0.4 is 0 Å². The zero-order valence-electron chi connectivity index (χ0n) is 6.70. The van der Waals surface area contributed by atoms with Gasteiger partial charge in [0.1, 0.15) is 6.79 Å². The number of hydrogen-bond acceptors (Lipinski definition) is 4. The highest BCUT2D eigenvalue weighted by atomic mass is 16.6. The molecule has 1 unspecified atom stereocenters. The van der Waals surface area contributed by atoms with E-state index in [0.29, 0.717) is 6.79 Å². The monoisotopic (exact) mass is 152 g/mol. The minimum absolute atomic E-state index is 0.139. The summed E-state index contributed by atoms with van der Waals surface area (Å²) in [5.41, 5.74) is 0. The summed E-state index contributed by atoms with van der Waals surface area (Å²) >= 11 is 0. The van der Waals surface area contributed by atoms with E-state index in [1.165, 1.54) is 6.92 Å². The summed E-state index contributed by atoms with van der Waals surface area (Å²) in [6.07, 6.45) is -0.560. The van der Waals surface area contributed by atoms with Gasteiger partial charge in [-0.25, -0.2) is 0 Å². The molecule has 0 heterocycles. The lowest BCUT2D eigenvalue weighted by molar-refractivity contribution is -0.00271. The van der Waals surface area contributed by atoms with Gasteiger partial charge >= 0.3 is 0 Å². The fraction of sp³-hybridized carbons (Fsp3) is 1.00. The Morgan fingerprint density at radius 3 is 1.60 bits per heavy atom. The molecule has 0 aliphatic heterocycles. The van der Waals surface area contributed by atoms with Crippen LogP contribution in [0.4, 0.5) is 0 Å². The van der Waals surface area contributed by atoms with Crippen molar-refractivity contribution in [3.63, 3.8) is 0 Å². The van der Waals surface area contributed by atoms with Gasteiger partial charge in [0.25, 0.3) is 0 Å². The lowest BCUT2D eigenvalue weighted by atomic mass is 10.5. The van der Waals surface area contributed by atoms with Crippen LogP contribution in [0.5, 0.6) is 0 Å². The van der Waals surface area contributed by atoms with Gasteiger partial charge in [0.05, 0.1) is 12.7 Å². The first kappa shape index (κ1) is 12.5. The Morgan fingerprint density at radius 1 is 1.30 bits per heavy atom. The van der Waals surface area contributed by atoms with Crippen molar-refractivity contribution in [2.45, 2.75) is 13.0 Å². The average Bonchev–Trinajstić information content (AvgIpc) is 1.91. The molecule has 0 aliphatic carbocycles. The van der Waals surface area contributed by atoms with Crippen molar-refractivity contribution in [1.82, 2.24) is 0 Å².